The van der Waals surface area contributed by atoms with Gasteiger partial charge in [-0.05, 0) is 46.2 Å². The van der Waals surface area contributed by atoms with Gasteiger partial charge in [0.15, 0.2) is 0 Å². The zero-order valence-corrected chi connectivity index (χ0v) is 14.1. The lowest BCUT2D eigenvalue weighted by Gasteiger charge is -2.22. The average molecular weight is 309 g/mol. The van der Waals surface area contributed by atoms with Gasteiger partial charge in [-0.25, -0.2) is 9.78 Å². The van der Waals surface area contributed by atoms with Crippen LogP contribution >= 0.6 is 0 Å². The highest BCUT2D eigenvalue weighted by Crippen LogP contribution is 2.07. The highest BCUT2D eigenvalue weighted by molar-refractivity contribution is 5.67. The van der Waals surface area contributed by atoms with Gasteiger partial charge in [-0.1, -0.05) is 6.07 Å². The Bertz CT molecular complexity index is 455. The third kappa shape index (κ3) is 7.83. The molecule has 1 heterocycles. The van der Waals surface area contributed by atoms with Crippen LogP contribution in [0.25, 0.3) is 0 Å². The predicted octanol–water partition coefficient (Wildman–Crippen LogP) is 2.48. The lowest BCUT2D eigenvalue weighted by Crippen LogP contribution is -2.38. The van der Waals surface area contributed by atoms with Crippen molar-refractivity contribution in [1.29, 1.82) is 0 Å². The van der Waals surface area contributed by atoms with Crippen LogP contribution in [-0.2, 0) is 11.3 Å². The van der Waals surface area contributed by atoms with Gasteiger partial charge >= 0.3 is 6.09 Å². The molecular weight excluding hydrogens is 282 g/mol. The van der Waals surface area contributed by atoms with Crippen LogP contribution in [0.3, 0.4) is 0 Å². The van der Waals surface area contributed by atoms with Gasteiger partial charge in [0, 0.05) is 24.8 Å². The number of pyridine rings is 1. The third-order valence-corrected chi connectivity index (χ3v) is 2.85. The summed E-state index contributed by atoms with van der Waals surface area (Å²) in [5.74, 6) is 0.610. The fraction of sp³-hybridized carbons (Fsp3) is 0.625. The van der Waals surface area contributed by atoms with E-state index in [-0.39, 0.29) is 12.1 Å². The minimum Gasteiger partial charge on any atom is -0.481 e. The number of aromatic nitrogens is 1. The summed E-state index contributed by atoms with van der Waals surface area (Å²) in [5.41, 5.74) is 0.622. The van der Waals surface area contributed by atoms with E-state index >= 15 is 0 Å². The van der Waals surface area contributed by atoms with Gasteiger partial charge < -0.3 is 20.1 Å². The molecule has 1 aromatic heterocycles. The minimum absolute atomic E-state index is 0.0522. The molecule has 0 aromatic carbocycles. The minimum atomic E-state index is -0.469. The maximum absolute atomic E-state index is 11.6. The molecule has 6 nitrogen and oxygen atoms in total. The lowest BCUT2D eigenvalue weighted by molar-refractivity contribution is 0.0506. The molecule has 0 saturated heterocycles. The number of carbonyl (C=O) groups is 1. The molecule has 124 valence electrons. The van der Waals surface area contributed by atoms with E-state index < -0.39 is 5.60 Å². The van der Waals surface area contributed by atoms with Gasteiger partial charge in [-0.3, -0.25) is 0 Å². The van der Waals surface area contributed by atoms with Crippen molar-refractivity contribution in [2.24, 2.45) is 0 Å². The zero-order valence-electron chi connectivity index (χ0n) is 14.1. The number of rotatable bonds is 7. The molecule has 6 heteroatoms. The number of nitrogens with zero attached hydrogens (tertiary/aromatic N) is 1. The Labute approximate surface area is 132 Å². The van der Waals surface area contributed by atoms with E-state index in [0.717, 1.165) is 25.1 Å². The number of alkyl carbamates (subject to hydrolysis) is 1. The van der Waals surface area contributed by atoms with Gasteiger partial charge in [0.25, 0.3) is 0 Å². The first kappa shape index (κ1) is 18.2. The van der Waals surface area contributed by atoms with E-state index in [9.17, 15) is 4.79 Å². The molecule has 1 atom stereocenters. The Hall–Kier alpha value is -1.82. The predicted molar refractivity (Wildman–Crippen MR) is 85.9 cm³/mol. The van der Waals surface area contributed by atoms with Crippen LogP contribution < -0.4 is 15.4 Å². The molecule has 0 aliphatic carbocycles. The van der Waals surface area contributed by atoms with Crippen molar-refractivity contribution in [3.8, 4) is 5.88 Å². The van der Waals surface area contributed by atoms with Crippen LogP contribution in [0, 0.1) is 0 Å². The van der Waals surface area contributed by atoms with Crippen molar-refractivity contribution < 1.29 is 14.3 Å². The Morgan fingerprint density at radius 1 is 1.36 bits per heavy atom. The summed E-state index contributed by atoms with van der Waals surface area (Å²) < 4.78 is 10.2. The van der Waals surface area contributed by atoms with E-state index in [0.29, 0.717) is 5.88 Å². The smallest absolute Gasteiger partial charge is 0.407 e. The van der Waals surface area contributed by atoms with Crippen molar-refractivity contribution in [3.63, 3.8) is 0 Å². The van der Waals surface area contributed by atoms with Crippen molar-refractivity contribution in [3.05, 3.63) is 23.9 Å². The maximum atomic E-state index is 11.6. The molecule has 0 saturated carbocycles. The van der Waals surface area contributed by atoms with Gasteiger partial charge in [0.05, 0.1) is 7.11 Å². The normalized spacial score (nSPS) is 12.6. The fourth-order valence-corrected chi connectivity index (χ4v) is 1.77. The summed E-state index contributed by atoms with van der Waals surface area (Å²) in [6.07, 6.45) is 2.23. The van der Waals surface area contributed by atoms with Crippen LogP contribution in [0.15, 0.2) is 18.3 Å². The molecule has 0 spiro atoms. The van der Waals surface area contributed by atoms with Crippen molar-refractivity contribution in [2.45, 2.75) is 52.3 Å². The van der Waals surface area contributed by atoms with Crippen molar-refractivity contribution >= 4 is 6.09 Å². The Kier molecular flexibility index (Phi) is 7.11. The Morgan fingerprint density at radius 2 is 2.09 bits per heavy atom. The maximum Gasteiger partial charge on any atom is 0.407 e. The first-order valence-corrected chi connectivity index (χ1v) is 7.49. The third-order valence-electron chi connectivity index (χ3n) is 2.85. The van der Waals surface area contributed by atoms with E-state index in [1.165, 1.54) is 0 Å². The summed E-state index contributed by atoms with van der Waals surface area (Å²) in [6.45, 7) is 9.03. The Balaban J connectivity index is 2.19. The summed E-state index contributed by atoms with van der Waals surface area (Å²) in [4.78, 5) is 15.8. The molecule has 0 bridgehead atoms. The second-order valence-corrected chi connectivity index (χ2v) is 6.22. The van der Waals surface area contributed by atoms with Gasteiger partial charge in [-0.2, -0.15) is 0 Å². The summed E-state index contributed by atoms with van der Waals surface area (Å²) >= 11 is 0. The van der Waals surface area contributed by atoms with Gasteiger partial charge in [0.1, 0.15) is 5.60 Å². The topological polar surface area (TPSA) is 72.5 Å². The molecule has 0 radical (unpaired) electrons. The van der Waals surface area contributed by atoms with Crippen LogP contribution in [0.4, 0.5) is 4.79 Å². The molecular formula is C16H27N3O3. The average Bonchev–Trinajstić information content (AvgIpc) is 2.42. The standard InChI is InChI=1S/C16H27N3O3/c1-12(19-15(20)22-16(2,3)4)8-9-17-10-13-6-7-14(21-5)18-11-13/h6-7,11-12,17H,8-10H2,1-5H3,(H,19,20). The number of carbonyl (C=O) groups excluding carboxylic acids is 1. The van der Waals surface area contributed by atoms with E-state index in [1.807, 2.05) is 39.8 Å². The molecule has 0 aliphatic heterocycles. The molecule has 2 N–H and O–H groups in total. The molecule has 0 fully saturated rings. The Morgan fingerprint density at radius 3 is 2.64 bits per heavy atom. The first-order valence-electron chi connectivity index (χ1n) is 7.49. The highest BCUT2D eigenvalue weighted by Gasteiger charge is 2.17. The summed E-state index contributed by atoms with van der Waals surface area (Å²) in [6, 6.07) is 3.86. The number of ether oxygens (including phenoxy) is 2. The molecule has 1 amide bonds. The molecule has 1 aromatic rings. The molecule has 1 rings (SSSR count). The number of amides is 1. The van der Waals surface area contributed by atoms with Crippen molar-refractivity contribution in [2.75, 3.05) is 13.7 Å². The van der Waals surface area contributed by atoms with Crippen LogP contribution in [0.1, 0.15) is 39.7 Å². The summed E-state index contributed by atoms with van der Waals surface area (Å²) in [5, 5.41) is 6.14. The number of nitrogens with one attached hydrogen (secondary N) is 2. The number of hydrogen-bond acceptors (Lipinski definition) is 5. The second kappa shape index (κ2) is 8.58. The van der Waals surface area contributed by atoms with Crippen LogP contribution in [0.2, 0.25) is 0 Å². The van der Waals surface area contributed by atoms with Gasteiger partial charge in [0.2, 0.25) is 5.88 Å². The van der Waals surface area contributed by atoms with E-state index in [2.05, 4.69) is 15.6 Å². The monoisotopic (exact) mass is 309 g/mol. The number of hydrogen-bond donors (Lipinski definition) is 2. The molecule has 1 unspecified atom stereocenters. The van der Waals surface area contributed by atoms with Crippen LogP contribution in [0.5, 0.6) is 5.88 Å². The zero-order chi connectivity index (χ0) is 16.6. The van der Waals surface area contributed by atoms with Crippen LogP contribution in [-0.4, -0.2) is 36.4 Å². The fourth-order valence-electron chi connectivity index (χ4n) is 1.77. The lowest BCUT2D eigenvalue weighted by atomic mass is 10.2. The van der Waals surface area contributed by atoms with Gasteiger partial charge in [-0.15, -0.1) is 0 Å². The first-order chi connectivity index (χ1) is 10.3. The largest absolute Gasteiger partial charge is 0.481 e. The van der Waals surface area contributed by atoms with Crippen molar-refractivity contribution in [1.82, 2.24) is 15.6 Å². The molecule has 0 aliphatic rings. The molecule has 22 heavy (non-hydrogen) atoms. The quantitative estimate of drug-likeness (QED) is 0.757. The number of methoxy groups -OCH3 is 1. The SMILES string of the molecule is COc1ccc(CNCCC(C)NC(=O)OC(C)(C)C)cn1. The van der Waals surface area contributed by atoms with E-state index in [4.69, 9.17) is 9.47 Å². The summed E-state index contributed by atoms with van der Waals surface area (Å²) in [7, 11) is 1.60. The second-order valence-electron chi connectivity index (χ2n) is 6.22. The highest BCUT2D eigenvalue weighted by atomic mass is 16.6. The van der Waals surface area contributed by atoms with E-state index in [1.54, 1.807) is 13.3 Å².